The van der Waals surface area contributed by atoms with E-state index < -0.39 is 6.09 Å². The van der Waals surface area contributed by atoms with Gasteiger partial charge in [-0.25, -0.2) is 4.79 Å². The van der Waals surface area contributed by atoms with E-state index in [4.69, 9.17) is 14.2 Å². The minimum absolute atomic E-state index is 0.00382. The Hall–Kier alpha value is -2.21. The first-order valence-electron chi connectivity index (χ1n) is 8.55. The number of allylic oxidation sites excluding steroid dienone is 1. The van der Waals surface area contributed by atoms with Crippen molar-refractivity contribution >= 4 is 6.09 Å². The molecule has 1 aliphatic carbocycles. The van der Waals surface area contributed by atoms with Crippen LogP contribution in [0.2, 0.25) is 0 Å². The van der Waals surface area contributed by atoms with E-state index in [-0.39, 0.29) is 11.5 Å². The van der Waals surface area contributed by atoms with Crippen molar-refractivity contribution in [1.82, 2.24) is 10.2 Å². The van der Waals surface area contributed by atoms with Crippen LogP contribution in [0.3, 0.4) is 0 Å². The molecule has 6 heteroatoms. The number of alkyl carbamates (subject to hydrolysis) is 1. The number of carbonyl (C=O) groups excluding carboxylic acids is 1. The molecule has 0 saturated carbocycles. The number of likely N-dealkylation sites (N-methyl/N-ethyl adjacent to an activating group) is 1. The molecule has 1 unspecified atom stereocenters. The van der Waals surface area contributed by atoms with Crippen molar-refractivity contribution in [2.24, 2.45) is 0 Å². The molecule has 0 aromatic heterocycles. The maximum Gasteiger partial charge on any atom is 0.412 e. The Morgan fingerprint density at radius 3 is 2.72 bits per heavy atom. The summed E-state index contributed by atoms with van der Waals surface area (Å²) in [4.78, 5) is 13.9. The number of likely N-dealkylation sites (tertiary alicyclic amines) is 1. The Balaban J connectivity index is 1.95. The zero-order chi connectivity index (χ0) is 18.0. The van der Waals surface area contributed by atoms with Gasteiger partial charge in [-0.1, -0.05) is 6.07 Å². The number of fused-ring (bicyclic) bond motifs is 1. The number of hydrogen-bond donors (Lipinski definition) is 1. The molecule has 1 aromatic rings. The van der Waals surface area contributed by atoms with E-state index in [1.807, 2.05) is 6.07 Å². The van der Waals surface area contributed by atoms with Gasteiger partial charge in [-0.05, 0) is 50.2 Å². The predicted octanol–water partition coefficient (Wildman–Crippen LogP) is 2.68. The van der Waals surface area contributed by atoms with E-state index in [0.29, 0.717) is 0 Å². The number of nitrogens with one attached hydrogen (secondary N) is 1. The number of ether oxygens (including phenoxy) is 3. The highest BCUT2D eigenvalue weighted by atomic mass is 16.6. The Bertz CT molecular complexity index is 688. The Morgan fingerprint density at radius 1 is 1.28 bits per heavy atom. The molecule has 2 aliphatic rings. The predicted molar refractivity (Wildman–Crippen MR) is 95.1 cm³/mol. The highest BCUT2D eigenvalue weighted by Crippen LogP contribution is 2.49. The average Bonchev–Trinajstić information content (AvgIpc) is 2.98. The van der Waals surface area contributed by atoms with E-state index in [9.17, 15) is 4.79 Å². The van der Waals surface area contributed by atoms with Gasteiger partial charge >= 0.3 is 6.09 Å². The summed E-state index contributed by atoms with van der Waals surface area (Å²) in [5.41, 5.74) is 1.25. The van der Waals surface area contributed by atoms with Crippen LogP contribution in [0.15, 0.2) is 30.0 Å². The molecule has 1 heterocycles. The van der Waals surface area contributed by atoms with Crippen LogP contribution in [-0.2, 0) is 10.2 Å². The third-order valence-electron chi connectivity index (χ3n) is 5.56. The van der Waals surface area contributed by atoms with Crippen molar-refractivity contribution in [3.63, 3.8) is 0 Å². The number of nitrogens with zero attached hydrogens (tertiary/aromatic N) is 1. The lowest BCUT2D eigenvalue weighted by Gasteiger charge is -2.40. The van der Waals surface area contributed by atoms with E-state index in [2.05, 4.69) is 35.5 Å². The molecule has 0 bridgehead atoms. The Kier molecular flexibility index (Phi) is 4.90. The topological polar surface area (TPSA) is 60.0 Å². The number of hydrogen-bond acceptors (Lipinski definition) is 5. The molecule has 136 valence electrons. The molecule has 0 spiro atoms. The van der Waals surface area contributed by atoms with E-state index >= 15 is 0 Å². The fraction of sp³-hybridized carbons (Fsp3) is 0.526. The second-order valence-corrected chi connectivity index (χ2v) is 6.69. The first kappa shape index (κ1) is 17.6. The summed E-state index contributed by atoms with van der Waals surface area (Å²) in [6.07, 6.45) is 4.27. The number of carbonyl (C=O) groups is 1. The zero-order valence-corrected chi connectivity index (χ0v) is 15.3. The van der Waals surface area contributed by atoms with Gasteiger partial charge < -0.3 is 24.4 Å². The van der Waals surface area contributed by atoms with Crippen molar-refractivity contribution in [2.45, 2.75) is 30.7 Å². The summed E-state index contributed by atoms with van der Waals surface area (Å²) >= 11 is 0. The lowest BCUT2D eigenvalue weighted by molar-refractivity contribution is 0.152. The van der Waals surface area contributed by atoms with Gasteiger partial charge in [-0.3, -0.25) is 0 Å². The normalized spacial score (nSPS) is 25.8. The number of rotatable bonds is 4. The molecule has 3 rings (SSSR count). The quantitative estimate of drug-likeness (QED) is 0.908. The highest BCUT2D eigenvalue weighted by molar-refractivity contribution is 5.68. The molecular weight excluding hydrogens is 320 g/mol. The van der Waals surface area contributed by atoms with Crippen LogP contribution in [0.1, 0.15) is 24.8 Å². The van der Waals surface area contributed by atoms with E-state index in [1.165, 1.54) is 5.56 Å². The molecule has 25 heavy (non-hydrogen) atoms. The van der Waals surface area contributed by atoms with E-state index in [1.54, 1.807) is 21.3 Å². The third-order valence-corrected chi connectivity index (χ3v) is 5.56. The molecule has 1 fully saturated rings. The first-order chi connectivity index (χ1) is 12.0. The van der Waals surface area contributed by atoms with Crippen LogP contribution in [0.4, 0.5) is 4.79 Å². The molecule has 2 atom stereocenters. The second kappa shape index (κ2) is 6.96. The maximum atomic E-state index is 11.5. The van der Waals surface area contributed by atoms with Crippen LogP contribution in [0.5, 0.6) is 11.5 Å². The van der Waals surface area contributed by atoms with Gasteiger partial charge in [0.2, 0.25) is 0 Å². The van der Waals surface area contributed by atoms with Gasteiger partial charge in [0.15, 0.2) is 11.5 Å². The van der Waals surface area contributed by atoms with Gasteiger partial charge in [0.05, 0.1) is 14.2 Å². The van der Waals surface area contributed by atoms with Crippen LogP contribution in [-0.4, -0.2) is 51.9 Å². The van der Waals surface area contributed by atoms with Crippen LogP contribution in [0, 0.1) is 0 Å². The lowest BCUT2D eigenvalue weighted by atomic mass is 9.68. The summed E-state index contributed by atoms with van der Waals surface area (Å²) in [5, 5.41) is 2.51. The maximum absolute atomic E-state index is 11.5. The van der Waals surface area contributed by atoms with Gasteiger partial charge in [-0.2, -0.15) is 0 Å². The summed E-state index contributed by atoms with van der Waals surface area (Å²) in [6, 6.07) is 6.48. The first-order valence-corrected chi connectivity index (χ1v) is 8.55. The van der Waals surface area contributed by atoms with Crippen LogP contribution < -0.4 is 14.8 Å². The number of methoxy groups -OCH3 is 2. The molecule has 1 aromatic carbocycles. The second-order valence-electron chi connectivity index (χ2n) is 6.69. The molecular formula is C19H26N2O4. The minimum Gasteiger partial charge on any atom is -0.493 e. The monoisotopic (exact) mass is 346 g/mol. The van der Waals surface area contributed by atoms with Crippen LogP contribution in [0.25, 0.3) is 0 Å². The Morgan fingerprint density at radius 2 is 2.04 bits per heavy atom. The zero-order valence-electron chi connectivity index (χ0n) is 15.3. The van der Waals surface area contributed by atoms with Gasteiger partial charge in [0.25, 0.3) is 0 Å². The van der Waals surface area contributed by atoms with Gasteiger partial charge in [-0.15, -0.1) is 0 Å². The van der Waals surface area contributed by atoms with Crippen LogP contribution >= 0.6 is 0 Å². The molecule has 1 aliphatic heterocycles. The van der Waals surface area contributed by atoms with Gasteiger partial charge in [0.1, 0.15) is 5.76 Å². The SMILES string of the molecule is CNC(=O)OC1=CC[C@@]2(c3ccc(OC)c(OC)c3)CCN(C)C2C1. The summed E-state index contributed by atoms with van der Waals surface area (Å²) in [6.45, 7) is 1.01. The van der Waals surface area contributed by atoms with Crippen molar-refractivity contribution < 1.29 is 19.0 Å². The van der Waals surface area contributed by atoms with Crippen molar-refractivity contribution in [3.8, 4) is 11.5 Å². The van der Waals surface area contributed by atoms with E-state index in [0.717, 1.165) is 43.1 Å². The average molecular weight is 346 g/mol. The van der Waals surface area contributed by atoms with Crippen molar-refractivity contribution in [3.05, 3.63) is 35.6 Å². The number of amides is 1. The van der Waals surface area contributed by atoms with Crippen molar-refractivity contribution in [2.75, 3.05) is 34.9 Å². The fourth-order valence-corrected chi connectivity index (χ4v) is 4.13. The smallest absolute Gasteiger partial charge is 0.412 e. The summed E-state index contributed by atoms with van der Waals surface area (Å²) in [5.74, 6) is 2.23. The molecule has 0 radical (unpaired) electrons. The number of benzene rings is 1. The molecule has 1 saturated heterocycles. The molecule has 1 amide bonds. The molecule has 1 N–H and O–H groups in total. The summed E-state index contributed by atoms with van der Waals surface area (Å²) < 4.78 is 16.3. The fourth-order valence-electron chi connectivity index (χ4n) is 4.13. The van der Waals surface area contributed by atoms with Crippen molar-refractivity contribution in [1.29, 1.82) is 0 Å². The Labute approximate surface area is 148 Å². The standard InChI is InChI=1S/C19H26N2O4/c1-20-18(22)25-14-7-8-19(9-10-21(2)17(19)12-14)13-5-6-15(23-3)16(11-13)24-4/h5-7,11,17H,8-10,12H2,1-4H3,(H,20,22)/t17?,19-/m0/s1. The third kappa shape index (κ3) is 3.06. The highest BCUT2D eigenvalue weighted by Gasteiger charge is 2.49. The summed E-state index contributed by atoms with van der Waals surface area (Å²) in [7, 11) is 7.01. The molecule has 6 nitrogen and oxygen atoms in total. The lowest BCUT2D eigenvalue weighted by Crippen LogP contribution is -2.43. The largest absolute Gasteiger partial charge is 0.493 e. The minimum atomic E-state index is -0.412. The van der Waals surface area contributed by atoms with Gasteiger partial charge in [0, 0.05) is 24.9 Å².